The second-order valence-corrected chi connectivity index (χ2v) is 6.92. The zero-order valence-electron chi connectivity index (χ0n) is 11.2. The molecule has 0 aromatic rings. The summed E-state index contributed by atoms with van der Waals surface area (Å²) in [6, 6.07) is 0. The summed E-state index contributed by atoms with van der Waals surface area (Å²) < 4.78 is 0. The van der Waals surface area contributed by atoms with Crippen LogP contribution in [0.2, 0.25) is 0 Å². The lowest BCUT2D eigenvalue weighted by Crippen LogP contribution is -2.37. The van der Waals surface area contributed by atoms with E-state index in [2.05, 4.69) is 41.5 Å². The topological polar surface area (TPSA) is 17.1 Å². The van der Waals surface area contributed by atoms with Crippen molar-refractivity contribution >= 4 is 6.29 Å². The summed E-state index contributed by atoms with van der Waals surface area (Å²) in [4.78, 5) is 11.1. The Morgan fingerprint density at radius 2 is 1.73 bits per heavy atom. The van der Waals surface area contributed by atoms with Crippen molar-refractivity contribution in [3.05, 3.63) is 0 Å². The maximum Gasteiger partial charge on any atom is 0.125 e. The summed E-state index contributed by atoms with van der Waals surface area (Å²) in [5.74, 6) is 0.643. The summed E-state index contributed by atoms with van der Waals surface area (Å²) >= 11 is 0. The van der Waals surface area contributed by atoms with Crippen LogP contribution in [-0.2, 0) is 4.79 Å². The van der Waals surface area contributed by atoms with Crippen molar-refractivity contribution in [1.82, 2.24) is 0 Å². The maximum absolute atomic E-state index is 11.1. The SMILES string of the molecule is CC(C)C(C)(CC(C)(C)C=O)C1(C)CC1. The van der Waals surface area contributed by atoms with Gasteiger partial charge in [-0.05, 0) is 36.0 Å². The molecule has 0 amide bonds. The molecule has 0 aliphatic heterocycles. The highest BCUT2D eigenvalue weighted by Crippen LogP contribution is 2.64. The van der Waals surface area contributed by atoms with Gasteiger partial charge in [-0.15, -0.1) is 0 Å². The lowest BCUT2D eigenvalue weighted by atomic mass is 9.60. The van der Waals surface area contributed by atoms with Crippen LogP contribution in [0.5, 0.6) is 0 Å². The van der Waals surface area contributed by atoms with Gasteiger partial charge >= 0.3 is 0 Å². The van der Waals surface area contributed by atoms with E-state index >= 15 is 0 Å². The van der Waals surface area contributed by atoms with Crippen LogP contribution >= 0.6 is 0 Å². The summed E-state index contributed by atoms with van der Waals surface area (Å²) in [5, 5.41) is 0. The van der Waals surface area contributed by atoms with Crippen LogP contribution in [0.1, 0.15) is 60.8 Å². The second kappa shape index (κ2) is 3.61. The van der Waals surface area contributed by atoms with Crippen LogP contribution < -0.4 is 0 Å². The number of hydrogen-bond donors (Lipinski definition) is 0. The van der Waals surface area contributed by atoms with E-state index in [-0.39, 0.29) is 5.41 Å². The summed E-state index contributed by atoms with van der Waals surface area (Å²) in [5.41, 5.74) is 0.601. The second-order valence-electron chi connectivity index (χ2n) is 6.92. The first-order valence-electron chi connectivity index (χ1n) is 6.13. The minimum Gasteiger partial charge on any atom is -0.303 e. The van der Waals surface area contributed by atoms with Crippen molar-refractivity contribution in [2.45, 2.75) is 60.8 Å². The van der Waals surface area contributed by atoms with Crippen molar-refractivity contribution in [2.24, 2.45) is 22.2 Å². The molecule has 0 saturated heterocycles. The molecule has 0 aromatic heterocycles. The summed E-state index contributed by atoms with van der Waals surface area (Å²) in [7, 11) is 0. The average molecular weight is 210 g/mol. The summed E-state index contributed by atoms with van der Waals surface area (Å²) in [6.45, 7) is 13.5. The van der Waals surface area contributed by atoms with Crippen LogP contribution in [0.25, 0.3) is 0 Å². The minimum atomic E-state index is -0.176. The van der Waals surface area contributed by atoms with Gasteiger partial charge in [-0.2, -0.15) is 0 Å². The molecular weight excluding hydrogens is 184 g/mol. The van der Waals surface area contributed by atoms with Gasteiger partial charge in [0.1, 0.15) is 6.29 Å². The van der Waals surface area contributed by atoms with E-state index in [9.17, 15) is 4.79 Å². The molecular formula is C14H26O. The summed E-state index contributed by atoms with van der Waals surface area (Å²) in [6.07, 6.45) is 4.80. The van der Waals surface area contributed by atoms with Gasteiger partial charge in [-0.1, -0.05) is 41.5 Å². The quantitative estimate of drug-likeness (QED) is 0.625. The fourth-order valence-electron chi connectivity index (χ4n) is 2.86. The van der Waals surface area contributed by atoms with E-state index in [0.29, 0.717) is 16.7 Å². The normalized spacial score (nSPS) is 23.7. The highest BCUT2D eigenvalue weighted by molar-refractivity contribution is 5.58. The van der Waals surface area contributed by atoms with Gasteiger partial charge in [0, 0.05) is 5.41 Å². The molecule has 88 valence electrons. The highest BCUT2D eigenvalue weighted by Gasteiger charge is 2.55. The molecule has 0 radical (unpaired) electrons. The Morgan fingerprint density at radius 3 is 2.00 bits per heavy atom. The average Bonchev–Trinajstić information content (AvgIpc) is 2.84. The Labute approximate surface area is 94.6 Å². The van der Waals surface area contributed by atoms with Crippen molar-refractivity contribution in [3.8, 4) is 0 Å². The van der Waals surface area contributed by atoms with Crippen molar-refractivity contribution in [3.63, 3.8) is 0 Å². The van der Waals surface area contributed by atoms with E-state index in [0.717, 1.165) is 12.7 Å². The van der Waals surface area contributed by atoms with Gasteiger partial charge in [0.25, 0.3) is 0 Å². The smallest absolute Gasteiger partial charge is 0.125 e. The molecule has 1 unspecified atom stereocenters. The molecule has 1 aliphatic rings. The molecule has 1 saturated carbocycles. The Balaban J connectivity index is 2.88. The van der Waals surface area contributed by atoms with Gasteiger partial charge in [0.05, 0.1) is 0 Å². The van der Waals surface area contributed by atoms with Gasteiger partial charge in [0.2, 0.25) is 0 Å². The fourth-order valence-corrected chi connectivity index (χ4v) is 2.86. The lowest BCUT2D eigenvalue weighted by Gasteiger charge is -2.44. The van der Waals surface area contributed by atoms with E-state index in [1.165, 1.54) is 12.8 Å². The van der Waals surface area contributed by atoms with Crippen LogP contribution in [0.4, 0.5) is 0 Å². The predicted octanol–water partition coefficient (Wildman–Crippen LogP) is 4.06. The van der Waals surface area contributed by atoms with E-state index in [4.69, 9.17) is 0 Å². The molecule has 0 spiro atoms. The van der Waals surface area contributed by atoms with Crippen LogP contribution in [-0.4, -0.2) is 6.29 Å². The van der Waals surface area contributed by atoms with Gasteiger partial charge in [-0.25, -0.2) is 0 Å². The molecule has 1 fully saturated rings. The first-order valence-corrected chi connectivity index (χ1v) is 6.13. The minimum absolute atomic E-state index is 0.176. The number of carbonyl (C=O) groups is 1. The van der Waals surface area contributed by atoms with Crippen LogP contribution in [0.3, 0.4) is 0 Å². The maximum atomic E-state index is 11.1. The predicted molar refractivity (Wildman–Crippen MR) is 64.7 cm³/mol. The molecule has 1 nitrogen and oxygen atoms in total. The van der Waals surface area contributed by atoms with Crippen molar-refractivity contribution < 1.29 is 4.79 Å². The van der Waals surface area contributed by atoms with Gasteiger partial charge < -0.3 is 4.79 Å². The molecule has 1 heteroatoms. The van der Waals surface area contributed by atoms with Crippen LogP contribution in [0, 0.1) is 22.2 Å². The van der Waals surface area contributed by atoms with Gasteiger partial charge in [-0.3, -0.25) is 0 Å². The molecule has 1 aliphatic carbocycles. The molecule has 0 aromatic carbocycles. The Morgan fingerprint density at radius 1 is 1.27 bits per heavy atom. The van der Waals surface area contributed by atoms with Crippen molar-refractivity contribution in [1.29, 1.82) is 0 Å². The number of rotatable bonds is 5. The number of hydrogen-bond acceptors (Lipinski definition) is 1. The molecule has 1 rings (SSSR count). The van der Waals surface area contributed by atoms with Crippen molar-refractivity contribution in [2.75, 3.05) is 0 Å². The molecule has 0 bridgehead atoms. The number of carbonyl (C=O) groups excluding carboxylic acids is 1. The Kier molecular flexibility index (Phi) is 3.06. The van der Waals surface area contributed by atoms with E-state index in [1.807, 2.05) is 0 Å². The zero-order valence-corrected chi connectivity index (χ0v) is 11.2. The lowest BCUT2D eigenvalue weighted by molar-refractivity contribution is -0.117. The first-order chi connectivity index (χ1) is 6.67. The third-order valence-corrected chi connectivity index (χ3v) is 4.79. The van der Waals surface area contributed by atoms with Crippen LogP contribution in [0.15, 0.2) is 0 Å². The van der Waals surface area contributed by atoms with E-state index < -0.39 is 0 Å². The molecule has 0 heterocycles. The third kappa shape index (κ3) is 2.26. The Hall–Kier alpha value is -0.330. The first kappa shape index (κ1) is 12.7. The van der Waals surface area contributed by atoms with E-state index in [1.54, 1.807) is 0 Å². The monoisotopic (exact) mass is 210 g/mol. The molecule has 15 heavy (non-hydrogen) atoms. The number of aldehydes is 1. The van der Waals surface area contributed by atoms with Gasteiger partial charge in [0.15, 0.2) is 0 Å². The third-order valence-electron chi connectivity index (χ3n) is 4.79. The molecule has 0 N–H and O–H groups in total. The fraction of sp³-hybridized carbons (Fsp3) is 0.929. The zero-order chi connectivity index (χ0) is 11.9. The molecule has 1 atom stereocenters. The standard InChI is InChI=1S/C14H26O/c1-11(2)14(6,13(5)7-8-13)9-12(3,4)10-15/h10-11H,7-9H2,1-6H3. The highest BCUT2D eigenvalue weighted by atomic mass is 16.1. The Bertz CT molecular complexity index is 248. The largest absolute Gasteiger partial charge is 0.303 e.